The molecular weight excluding hydrogens is 493 g/mol. The SMILES string of the molecule is COc1cccc(NC(=O)[C@H]2CCCN(C(=O)c3c(C)cccc3F)[C@H]2c2ccc(NC3CCCC3)cc2)c1. The number of benzene rings is 3. The molecular formula is C32H36FN3O3. The molecule has 3 aromatic rings. The predicted molar refractivity (Wildman–Crippen MR) is 152 cm³/mol. The lowest BCUT2D eigenvalue weighted by atomic mass is 9.83. The molecule has 2 atom stereocenters. The van der Waals surface area contributed by atoms with Crippen LogP contribution in [0.25, 0.3) is 0 Å². The number of anilines is 2. The molecule has 6 nitrogen and oxygen atoms in total. The molecule has 2 N–H and O–H groups in total. The maximum absolute atomic E-state index is 14.9. The van der Waals surface area contributed by atoms with Crippen molar-refractivity contribution in [2.75, 3.05) is 24.3 Å². The summed E-state index contributed by atoms with van der Waals surface area (Å²) in [6.45, 7) is 2.19. The van der Waals surface area contributed by atoms with E-state index in [0.29, 0.717) is 42.4 Å². The molecule has 1 heterocycles. The third kappa shape index (κ3) is 5.92. The second-order valence-electron chi connectivity index (χ2n) is 10.6. The highest BCUT2D eigenvalue weighted by Crippen LogP contribution is 2.39. The highest BCUT2D eigenvalue weighted by molar-refractivity contribution is 5.98. The number of piperidine rings is 1. The van der Waals surface area contributed by atoms with Crippen LogP contribution in [-0.4, -0.2) is 36.4 Å². The first kappa shape index (κ1) is 26.7. The summed E-state index contributed by atoms with van der Waals surface area (Å²) in [7, 11) is 1.58. The number of nitrogens with zero attached hydrogens (tertiary/aromatic N) is 1. The van der Waals surface area contributed by atoms with Gasteiger partial charge in [0.2, 0.25) is 5.91 Å². The summed E-state index contributed by atoms with van der Waals surface area (Å²) < 4.78 is 20.2. The van der Waals surface area contributed by atoms with Gasteiger partial charge in [-0.15, -0.1) is 0 Å². The van der Waals surface area contributed by atoms with Gasteiger partial charge in [0, 0.05) is 30.0 Å². The summed E-state index contributed by atoms with van der Waals surface area (Å²) in [4.78, 5) is 29.3. The Kier molecular flexibility index (Phi) is 8.15. The number of rotatable bonds is 7. The summed E-state index contributed by atoms with van der Waals surface area (Å²) in [5.41, 5.74) is 3.16. The van der Waals surface area contributed by atoms with Gasteiger partial charge in [-0.3, -0.25) is 9.59 Å². The van der Waals surface area contributed by atoms with E-state index in [1.54, 1.807) is 37.1 Å². The van der Waals surface area contributed by atoms with Crippen molar-refractivity contribution in [2.24, 2.45) is 5.92 Å². The normalized spacial score (nSPS) is 19.5. The maximum Gasteiger partial charge on any atom is 0.257 e. The Balaban J connectivity index is 1.47. The lowest BCUT2D eigenvalue weighted by Gasteiger charge is -2.41. The average Bonchev–Trinajstić information content (AvgIpc) is 3.46. The van der Waals surface area contributed by atoms with Gasteiger partial charge in [0.15, 0.2) is 0 Å². The van der Waals surface area contributed by atoms with Crippen molar-refractivity contribution in [3.8, 4) is 5.75 Å². The minimum Gasteiger partial charge on any atom is -0.497 e. The van der Waals surface area contributed by atoms with E-state index in [-0.39, 0.29) is 17.4 Å². The maximum atomic E-state index is 14.9. The molecule has 1 saturated carbocycles. The fraction of sp³-hybridized carbons (Fsp3) is 0.375. The van der Waals surface area contributed by atoms with E-state index in [1.807, 2.05) is 42.5 Å². The Morgan fingerprint density at radius 3 is 2.38 bits per heavy atom. The molecule has 5 rings (SSSR count). The van der Waals surface area contributed by atoms with Gasteiger partial charge in [-0.25, -0.2) is 4.39 Å². The van der Waals surface area contributed by atoms with Crippen molar-refractivity contribution in [1.82, 2.24) is 4.90 Å². The Morgan fingerprint density at radius 2 is 1.67 bits per heavy atom. The zero-order valence-corrected chi connectivity index (χ0v) is 22.6. The minimum atomic E-state index is -0.544. The van der Waals surface area contributed by atoms with Gasteiger partial charge in [0.05, 0.1) is 24.6 Å². The van der Waals surface area contributed by atoms with E-state index in [2.05, 4.69) is 10.6 Å². The van der Waals surface area contributed by atoms with Crippen LogP contribution in [0, 0.1) is 18.7 Å². The van der Waals surface area contributed by atoms with Gasteiger partial charge in [-0.1, -0.05) is 43.2 Å². The fourth-order valence-electron chi connectivity index (χ4n) is 5.97. The number of aryl methyl sites for hydroxylation is 1. The zero-order chi connectivity index (χ0) is 27.4. The van der Waals surface area contributed by atoms with E-state index in [9.17, 15) is 14.0 Å². The first-order chi connectivity index (χ1) is 18.9. The third-order valence-electron chi connectivity index (χ3n) is 7.98. The number of carbonyl (C=O) groups excluding carboxylic acids is 2. The molecule has 0 radical (unpaired) electrons. The van der Waals surface area contributed by atoms with E-state index >= 15 is 0 Å². The molecule has 2 aliphatic rings. The molecule has 0 bridgehead atoms. The molecule has 0 spiro atoms. The fourth-order valence-corrected chi connectivity index (χ4v) is 5.97. The van der Waals surface area contributed by atoms with E-state index in [1.165, 1.54) is 31.7 Å². The average molecular weight is 530 g/mol. The number of ether oxygens (including phenoxy) is 1. The van der Waals surface area contributed by atoms with Gasteiger partial charge < -0.3 is 20.3 Å². The van der Waals surface area contributed by atoms with Crippen LogP contribution in [0.5, 0.6) is 5.75 Å². The number of nitrogens with one attached hydrogen (secondary N) is 2. The molecule has 3 aromatic carbocycles. The molecule has 0 aromatic heterocycles. The third-order valence-corrected chi connectivity index (χ3v) is 7.98. The quantitative estimate of drug-likeness (QED) is 0.356. The van der Waals surface area contributed by atoms with Crippen LogP contribution < -0.4 is 15.4 Å². The lowest BCUT2D eigenvalue weighted by molar-refractivity contribution is -0.123. The van der Waals surface area contributed by atoms with Gasteiger partial charge in [0.1, 0.15) is 11.6 Å². The second-order valence-corrected chi connectivity index (χ2v) is 10.6. The Bertz CT molecular complexity index is 1300. The van der Waals surface area contributed by atoms with Crippen LogP contribution in [0.3, 0.4) is 0 Å². The molecule has 1 aliphatic carbocycles. The van der Waals surface area contributed by atoms with Gasteiger partial charge in [-0.2, -0.15) is 0 Å². The largest absolute Gasteiger partial charge is 0.497 e. The van der Waals surface area contributed by atoms with Gasteiger partial charge in [0.25, 0.3) is 5.91 Å². The van der Waals surface area contributed by atoms with Crippen LogP contribution in [0.1, 0.15) is 66.1 Å². The van der Waals surface area contributed by atoms with Crippen molar-refractivity contribution in [3.05, 3.63) is 89.2 Å². The van der Waals surface area contributed by atoms with Crippen molar-refractivity contribution in [2.45, 2.75) is 57.5 Å². The molecule has 2 amide bonds. The minimum absolute atomic E-state index is 0.0656. The second kappa shape index (κ2) is 11.9. The monoisotopic (exact) mass is 529 g/mol. The summed E-state index contributed by atoms with van der Waals surface area (Å²) in [6.07, 6.45) is 6.08. The molecule has 1 aliphatic heterocycles. The van der Waals surface area contributed by atoms with Crippen LogP contribution in [0.4, 0.5) is 15.8 Å². The number of likely N-dealkylation sites (tertiary alicyclic amines) is 1. The van der Waals surface area contributed by atoms with E-state index < -0.39 is 17.8 Å². The number of hydrogen-bond donors (Lipinski definition) is 2. The van der Waals surface area contributed by atoms with Crippen molar-refractivity contribution < 1.29 is 18.7 Å². The molecule has 0 unspecified atom stereocenters. The van der Waals surface area contributed by atoms with Gasteiger partial charge in [-0.05, 0) is 74.1 Å². The number of halogens is 1. The molecule has 1 saturated heterocycles. The van der Waals surface area contributed by atoms with Crippen molar-refractivity contribution >= 4 is 23.2 Å². The zero-order valence-electron chi connectivity index (χ0n) is 22.6. The highest BCUT2D eigenvalue weighted by atomic mass is 19.1. The predicted octanol–water partition coefficient (Wildman–Crippen LogP) is 6.73. The molecule has 7 heteroatoms. The topological polar surface area (TPSA) is 70.7 Å². The Morgan fingerprint density at radius 1 is 0.923 bits per heavy atom. The number of carbonyl (C=O) groups is 2. The van der Waals surface area contributed by atoms with E-state index in [4.69, 9.17) is 4.74 Å². The standard InChI is InChI=1S/C32H36FN3O3/c1-21-8-5-14-28(33)29(21)32(38)36-19-7-13-27(31(37)35-25-11-6-12-26(20-25)39-2)30(36)22-15-17-24(18-16-22)34-23-9-3-4-10-23/h5-6,8,11-12,14-18,20,23,27,30,34H,3-4,7,9-10,13,19H2,1-2H3,(H,35,37)/t27-,30-/m0/s1. The molecule has 39 heavy (non-hydrogen) atoms. The van der Waals surface area contributed by atoms with Crippen LogP contribution >= 0.6 is 0 Å². The molecule has 2 fully saturated rings. The first-order valence-electron chi connectivity index (χ1n) is 13.8. The van der Waals surface area contributed by atoms with Gasteiger partial charge >= 0.3 is 0 Å². The Hall–Kier alpha value is -3.87. The number of methoxy groups -OCH3 is 1. The summed E-state index contributed by atoms with van der Waals surface area (Å²) in [6, 6.07) is 19.9. The highest BCUT2D eigenvalue weighted by Gasteiger charge is 2.40. The number of amides is 2. The lowest BCUT2D eigenvalue weighted by Crippen LogP contribution is -2.46. The first-order valence-corrected chi connectivity index (χ1v) is 13.8. The van der Waals surface area contributed by atoms with Crippen molar-refractivity contribution in [1.29, 1.82) is 0 Å². The smallest absolute Gasteiger partial charge is 0.257 e. The Labute approximate surface area is 229 Å². The summed E-state index contributed by atoms with van der Waals surface area (Å²) >= 11 is 0. The van der Waals surface area contributed by atoms with E-state index in [0.717, 1.165) is 11.3 Å². The van der Waals surface area contributed by atoms with Crippen LogP contribution in [0.2, 0.25) is 0 Å². The van der Waals surface area contributed by atoms with Crippen molar-refractivity contribution in [3.63, 3.8) is 0 Å². The van der Waals surface area contributed by atoms with Crippen LogP contribution in [0.15, 0.2) is 66.7 Å². The number of hydrogen-bond acceptors (Lipinski definition) is 4. The molecule has 204 valence electrons. The van der Waals surface area contributed by atoms with Crippen LogP contribution in [-0.2, 0) is 4.79 Å². The summed E-state index contributed by atoms with van der Waals surface area (Å²) in [5.74, 6) is -0.968. The summed E-state index contributed by atoms with van der Waals surface area (Å²) in [5, 5.41) is 6.63.